The second kappa shape index (κ2) is 9.02. The molecule has 14 heteroatoms. The molecule has 0 bridgehead atoms. The van der Waals surface area contributed by atoms with Crippen LogP contribution in [0.25, 0.3) is 11.3 Å². The van der Waals surface area contributed by atoms with Crippen LogP contribution in [0.15, 0.2) is 48.7 Å². The van der Waals surface area contributed by atoms with Crippen LogP contribution in [0.5, 0.6) is 0 Å². The molecule has 4 aromatic rings. The second-order valence-electron chi connectivity index (χ2n) is 7.48. The number of halogens is 5. The van der Waals surface area contributed by atoms with Gasteiger partial charge in [-0.05, 0) is 32.0 Å². The molecule has 0 aliphatic rings. The summed E-state index contributed by atoms with van der Waals surface area (Å²) in [6.07, 6.45) is -4.74. The van der Waals surface area contributed by atoms with E-state index in [-0.39, 0.29) is 28.2 Å². The predicted octanol–water partition coefficient (Wildman–Crippen LogP) is 4.31. The molecule has 1 aromatic carbocycles. The lowest BCUT2D eigenvalue weighted by molar-refractivity contribution is -0.291. The van der Waals surface area contributed by atoms with Crippen molar-refractivity contribution in [3.63, 3.8) is 0 Å². The number of hydrogen-bond donors (Lipinski definition) is 1. The SMILES string of the molecule is CCOC(=O)c1cnn(-c2ccccc2)c1NC(=O)c1cc2nc(C)cc(C(F)(F)C(F)(F)F)n2n1. The van der Waals surface area contributed by atoms with E-state index in [1.54, 1.807) is 37.3 Å². The number of aryl methyl sites for hydroxylation is 1. The molecule has 0 atom stereocenters. The maximum atomic E-state index is 14.2. The van der Waals surface area contributed by atoms with Crippen LogP contribution in [-0.4, -0.2) is 49.0 Å². The van der Waals surface area contributed by atoms with Crippen molar-refractivity contribution >= 4 is 23.3 Å². The average molecular weight is 508 g/mol. The highest BCUT2D eigenvalue weighted by atomic mass is 19.4. The Morgan fingerprint density at radius 2 is 1.78 bits per heavy atom. The van der Waals surface area contributed by atoms with Crippen LogP contribution in [0.4, 0.5) is 27.8 Å². The van der Waals surface area contributed by atoms with E-state index in [2.05, 4.69) is 20.5 Å². The van der Waals surface area contributed by atoms with Gasteiger partial charge in [0.05, 0.1) is 18.5 Å². The van der Waals surface area contributed by atoms with Crippen molar-refractivity contribution < 1.29 is 36.3 Å². The van der Waals surface area contributed by atoms with E-state index in [0.717, 1.165) is 12.3 Å². The first-order valence-electron chi connectivity index (χ1n) is 10.4. The number of para-hydroxylation sites is 1. The van der Waals surface area contributed by atoms with Gasteiger partial charge < -0.3 is 10.1 Å². The molecule has 0 saturated carbocycles. The van der Waals surface area contributed by atoms with Gasteiger partial charge in [-0.1, -0.05) is 18.2 Å². The number of ether oxygens (including phenoxy) is 1. The normalized spacial score (nSPS) is 12.1. The van der Waals surface area contributed by atoms with Gasteiger partial charge in [-0.3, -0.25) is 4.79 Å². The highest BCUT2D eigenvalue weighted by Crippen LogP contribution is 2.43. The zero-order chi connectivity index (χ0) is 26.3. The molecule has 4 rings (SSSR count). The third kappa shape index (κ3) is 4.36. The third-order valence-corrected chi connectivity index (χ3v) is 4.96. The van der Waals surface area contributed by atoms with E-state index in [1.807, 2.05) is 0 Å². The Morgan fingerprint density at radius 3 is 2.42 bits per heavy atom. The second-order valence-corrected chi connectivity index (χ2v) is 7.48. The molecule has 0 spiro atoms. The van der Waals surface area contributed by atoms with Crippen molar-refractivity contribution in [2.75, 3.05) is 11.9 Å². The van der Waals surface area contributed by atoms with Crippen LogP contribution < -0.4 is 5.32 Å². The molecule has 0 saturated heterocycles. The summed E-state index contributed by atoms with van der Waals surface area (Å²) in [4.78, 5) is 29.3. The minimum Gasteiger partial charge on any atom is -0.462 e. The zero-order valence-corrected chi connectivity index (χ0v) is 18.7. The van der Waals surface area contributed by atoms with Gasteiger partial charge in [0.15, 0.2) is 17.2 Å². The number of nitrogens with one attached hydrogen (secondary N) is 1. The van der Waals surface area contributed by atoms with Crippen LogP contribution in [0, 0.1) is 6.92 Å². The predicted molar refractivity (Wildman–Crippen MR) is 115 cm³/mol. The van der Waals surface area contributed by atoms with Crippen molar-refractivity contribution in [2.45, 2.75) is 25.9 Å². The molecule has 3 aromatic heterocycles. The molecular weight excluding hydrogens is 491 g/mol. The van der Waals surface area contributed by atoms with Gasteiger partial charge in [-0.2, -0.15) is 32.1 Å². The third-order valence-electron chi connectivity index (χ3n) is 4.96. The van der Waals surface area contributed by atoms with Crippen LogP contribution >= 0.6 is 0 Å². The number of hydrogen-bond acceptors (Lipinski definition) is 6. The minimum atomic E-state index is -5.90. The van der Waals surface area contributed by atoms with Crippen molar-refractivity contribution in [3.05, 3.63) is 71.3 Å². The van der Waals surface area contributed by atoms with E-state index < -0.39 is 41.0 Å². The van der Waals surface area contributed by atoms with E-state index in [4.69, 9.17) is 4.74 Å². The number of fused-ring (bicyclic) bond motifs is 1. The number of carbonyl (C=O) groups excluding carboxylic acids is 2. The quantitative estimate of drug-likeness (QED) is 0.308. The van der Waals surface area contributed by atoms with Crippen LogP contribution in [0.1, 0.15) is 39.2 Å². The zero-order valence-electron chi connectivity index (χ0n) is 18.7. The molecule has 3 heterocycles. The minimum absolute atomic E-state index is 0.0381. The molecule has 0 fully saturated rings. The Bertz CT molecular complexity index is 1450. The maximum absolute atomic E-state index is 14.2. The van der Waals surface area contributed by atoms with Crippen LogP contribution in [0.3, 0.4) is 0 Å². The average Bonchev–Trinajstić information content (AvgIpc) is 3.43. The molecule has 36 heavy (non-hydrogen) atoms. The number of esters is 1. The number of alkyl halides is 5. The van der Waals surface area contributed by atoms with Gasteiger partial charge in [0, 0.05) is 11.8 Å². The maximum Gasteiger partial charge on any atom is 0.459 e. The summed E-state index contributed by atoms with van der Waals surface area (Å²) in [5, 5.41) is 10.2. The first-order chi connectivity index (χ1) is 16.9. The fourth-order valence-corrected chi connectivity index (χ4v) is 3.34. The lowest BCUT2D eigenvalue weighted by atomic mass is 10.2. The summed E-state index contributed by atoms with van der Waals surface area (Å²) in [6, 6.07) is 9.87. The van der Waals surface area contributed by atoms with Crippen molar-refractivity contribution in [2.24, 2.45) is 0 Å². The van der Waals surface area contributed by atoms with Crippen LogP contribution in [0.2, 0.25) is 0 Å². The van der Waals surface area contributed by atoms with Gasteiger partial charge in [0.2, 0.25) is 0 Å². The van der Waals surface area contributed by atoms with Gasteiger partial charge in [-0.15, -0.1) is 0 Å². The summed E-state index contributed by atoms with van der Waals surface area (Å²) in [6.45, 7) is 2.85. The highest BCUT2D eigenvalue weighted by molar-refractivity contribution is 6.07. The molecule has 0 aliphatic carbocycles. The summed E-state index contributed by atoms with van der Waals surface area (Å²) in [5.41, 5.74) is -2.22. The Balaban J connectivity index is 1.78. The Kier molecular flexibility index (Phi) is 6.20. The highest BCUT2D eigenvalue weighted by Gasteiger charge is 2.60. The first-order valence-corrected chi connectivity index (χ1v) is 10.4. The van der Waals surface area contributed by atoms with Gasteiger partial charge in [0.25, 0.3) is 5.91 Å². The molecule has 0 aliphatic heterocycles. The largest absolute Gasteiger partial charge is 0.462 e. The number of nitrogens with zero attached hydrogens (tertiary/aromatic N) is 5. The van der Waals surface area contributed by atoms with E-state index >= 15 is 0 Å². The van der Waals surface area contributed by atoms with Crippen LogP contribution in [-0.2, 0) is 10.7 Å². The fraction of sp³-hybridized carbons (Fsp3) is 0.227. The first kappa shape index (κ1) is 24.8. The van der Waals surface area contributed by atoms with Crippen molar-refractivity contribution in [1.82, 2.24) is 24.4 Å². The van der Waals surface area contributed by atoms with Crippen molar-refractivity contribution in [1.29, 1.82) is 0 Å². The van der Waals surface area contributed by atoms with E-state index in [9.17, 15) is 31.5 Å². The van der Waals surface area contributed by atoms with Gasteiger partial charge in [-0.25, -0.2) is 19.0 Å². The number of amides is 1. The molecule has 1 N–H and O–H groups in total. The lowest BCUT2D eigenvalue weighted by Crippen LogP contribution is -2.36. The molecule has 0 unspecified atom stereocenters. The Morgan fingerprint density at radius 1 is 1.08 bits per heavy atom. The molecular formula is C22H17F5N6O3. The summed E-state index contributed by atoms with van der Waals surface area (Å²) < 4.78 is 73.9. The van der Waals surface area contributed by atoms with E-state index in [0.29, 0.717) is 11.8 Å². The van der Waals surface area contributed by atoms with Gasteiger partial charge in [0.1, 0.15) is 11.3 Å². The number of benzene rings is 1. The molecule has 1 amide bonds. The summed E-state index contributed by atoms with van der Waals surface area (Å²) in [7, 11) is 0. The Labute approximate surface area is 199 Å². The topological polar surface area (TPSA) is 103 Å². The summed E-state index contributed by atoms with van der Waals surface area (Å²) in [5.74, 6) is -7.19. The summed E-state index contributed by atoms with van der Waals surface area (Å²) >= 11 is 0. The van der Waals surface area contributed by atoms with E-state index in [1.165, 1.54) is 11.6 Å². The number of aromatic nitrogens is 5. The molecule has 0 radical (unpaired) electrons. The lowest BCUT2D eigenvalue weighted by Gasteiger charge is -2.20. The standard InChI is InChI=1S/C22H17F5N6O3/c1-3-36-20(35)14-11-28-32(13-7-5-4-6-8-13)18(14)30-19(34)15-10-17-29-12(2)9-16(33(17)31-15)21(23,24)22(25,26)27/h4-11H,3H2,1-2H3,(H,30,34). The fourth-order valence-electron chi connectivity index (χ4n) is 3.34. The number of rotatable bonds is 6. The van der Waals surface area contributed by atoms with Crippen molar-refractivity contribution in [3.8, 4) is 5.69 Å². The monoisotopic (exact) mass is 508 g/mol. The Hall–Kier alpha value is -4.36. The number of anilines is 1. The molecule has 188 valence electrons. The van der Waals surface area contributed by atoms with Gasteiger partial charge >= 0.3 is 18.1 Å². The number of carbonyl (C=O) groups is 2. The molecule has 9 nitrogen and oxygen atoms in total. The smallest absolute Gasteiger partial charge is 0.459 e.